The van der Waals surface area contributed by atoms with Crippen LogP contribution >= 0.6 is 0 Å². The lowest BCUT2D eigenvalue weighted by Gasteiger charge is -2.15. The number of nitrogens with one attached hydrogen (secondary N) is 2. The predicted octanol–water partition coefficient (Wildman–Crippen LogP) is 5.99. The van der Waals surface area contributed by atoms with Crippen molar-refractivity contribution in [3.05, 3.63) is 17.7 Å². The molecule has 0 spiro atoms. The van der Waals surface area contributed by atoms with Gasteiger partial charge < -0.3 is 20.5 Å². The molecular formula is C24H38N2O5. The number of carbonyl (C=O) groups is 3. The molecule has 0 saturated carbocycles. The van der Waals surface area contributed by atoms with Crippen LogP contribution in [0.2, 0.25) is 0 Å². The van der Waals surface area contributed by atoms with Crippen LogP contribution in [0, 0.1) is 0 Å². The van der Waals surface area contributed by atoms with E-state index >= 15 is 0 Å². The fourth-order valence-electron chi connectivity index (χ4n) is 3.39. The van der Waals surface area contributed by atoms with E-state index in [-0.39, 0.29) is 28.8 Å². The first-order chi connectivity index (χ1) is 14.9. The highest BCUT2D eigenvalue weighted by Gasteiger charge is 2.19. The summed E-state index contributed by atoms with van der Waals surface area (Å²) in [6.45, 7) is 4.27. The normalized spacial score (nSPS) is 10.5. The molecule has 1 aromatic carbocycles. The van der Waals surface area contributed by atoms with Gasteiger partial charge in [0.25, 0.3) is 0 Å². The van der Waals surface area contributed by atoms with Gasteiger partial charge in [-0.1, -0.05) is 65.2 Å². The molecule has 2 amide bonds. The molecule has 0 bridgehead atoms. The predicted molar refractivity (Wildman–Crippen MR) is 124 cm³/mol. The number of methoxy groups -OCH3 is 1. The van der Waals surface area contributed by atoms with Gasteiger partial charge in [0.1, 0.15) is 5.56 Å². The molecular weight excluding hydrogens is 396 g/mol. The molecule has 1 aromatic rings. The van der Waals surface area contributed by atoms with Gasteiger partial charge in [-0.2, -0.15) is 0 Å². The summed E-state index contributed by atoms with van der Waals surface area (Å²) in [5.74, 6) is -1.50. The van der Waals surface area contributed by atoms with E-state index in [4.69, 9.17) is 4.74 Å². The third-order valence-corrected chi connectivity index (χ3v) is 5.10. The number of hydrogen-bond donors (Lipinski definition) is 3. The number of benzene rings is 1. The number of carboxylic acids is 1. The van der Waals surface area contributed by atoms with Gasteiger partial charge in [-0.25, -0.2) is 4.79 Å². The topological polar surface area (TPSA) is 105 Å². The standard InChI is InChI=1S/C24H38N2O5/c1-4-6-8-10-12-14-21(27)25-18-16-19(24(29)30)23(31-3)20(17-18)26-22(28)15-13-11-9-7-5-2/h16-17H,4-15H2,1-3H3,(H,25,27)(H,26,28)(H,29,30). The maximum atomic E-state index is 12.4. The first-order valence-corrected chi connectivity index (χ1v) is 11.5. The van der Waals surface area contributed by atoms with Gasteiger partial charge in [0.15, 0.2) is 5.75 Å². The van der Waals surface area contributed by atoms with Crippen molar-refractivity contribution >= 4 is 29.2 Å². The Kier molecular flexibility index (Phi) is 13.0. The molecule has 7 heteroatoms. The number of rotatable bonds is 16. The zero-order valence-corrected chi connectivity index (χ0v) is 19.2. The molecule has 0 fully saturated rings. The highest BCUT2D eigenvalue weighted by molar-refractivity contribution is 6.01. The number of aromatic carboxylic acids is 1. The molecule has 174 valence electrons. The number of ether oxygens (including phenoxy) is 1. The lowest BCUT2D eigenvalue weighted by atomic mass is 10.1. The molecule has 3 N–H and O–H groups in total. The Morgan fingerprint density at radius 3 is 1.81 bits per heavy atom. The fraction of sp³-hybridized carbons (Fsp3) is 0.625. The number of amides is 2. The zero-order chi connectivity index (χ0) is 23.1. The zero-order valence-electron chi connectivity index (χ0n) is 19.2. The molecule has 0 aromatic heterocycles. The van der Waals surface area contributed by atoms with Gasteiger partial charge in [0, 0.05) is 18.5 Å². The number of anilines is 2. The molecule has 0 atom stereocenters. The van der Waals surface area contributed by atoms with E-state index in [0.29, 0.717) is 18.5 Å². The van der Waals surface area contributed by atoms with Gasteiger partial charge in [-0.15, -0.1) is 0 Å². The maximum absolute atomic E-state index is 12.4. The van der Waals surface area contributed by atoms with Crippen molar-refractivity contribution in [2.75, 3.05) is 17.7 Å². The number of carboxylic acid groups (broad SMARTS) is 1. The summed E-state index contributed by atoms with van der Waals surface area (Å²) in [7, 11) is 1.36. The number of hydrogen-bond acceptors (Lipinski definition) is 4. The molecule has 0 saturated heterocycles. The maximum Gasteiger partial charge on any atom is 0.339 e. The smallest absolute Gasteiger partial charge is 0.339 e. The van der Waals surface area contributed by atoms with E-state index in [1.54, 1.807) is 6.07 Å². The SMILES string of the molecule is CCCCCCCC(=O)Nc1cc(NC(=O)CCCCCCC)c(OC)c(C(=O)O)c1. The second kappa shape index (κ2) is 15.3. The van der Waals surface area contributed by atoms with Crippen molar-refractivity contribution in [2.24, 2.45) is 0 Å². The summed E-state index contributed by atoms with van der Waals surface area (Å²) >= 11 is 0. The molecule has 0 unspecified atom stereocenters. The lowest BCUT2D eigenvalue weighted by molar-refractivity contribution is -0.117. The molecule has 0 aliphatic carbocycles. The van der Waals surface area contributed by atoms with Crippen LogP contribution < -0.4 is 15.4 Å². The van der Waals surface area contributed by atoms with E-state index in [2.05, 4.69) is 24.5 Å². The van der Waals surface area contributed by atoms with Crippen molar-refractivity contribution in [1.29, 1.82) is 0 Å². The van der Waals surface area contributed by atoms with E-state index < -0.39 is 5.97 Å². The average Bonchev–Trinajstić information content (AvgIpc) is 2.73. The van der Waals surface area contributed by atoms with Crippen LogP contribution in [-0.2, 0) is 9.59 Å². The molecule has 0 aliphatic heterocycles. The van der Waals surface area contributed by atoms with Crippen molar-refractivity contribution in [2.45, 2.75) is 90.9 Å². The van der Waals surface area contributed by atoms with E-state index in [9.17, 15) is 19.5 Å². The van der Waals surface area contributed by atoms with Gasteiger partial charge in [-0.3, -0.25) is 9.59 Å². The van der Waals surface area contributed by atoms with Crippen LogP contribution in [0.4, 0.5) is 11.4 Å². The molecule has 31 heavy (non-hydrogen) atoms. The summed E-state index contributed by atoms with van der Waals surface area (Å²) in [6, 6.07) is 2.91. The molecule has 0 heterocycles. The van der Waals surface area contributed by atoms with Crippen LogP contribution in [0.3, 0.4) is 0 Å². The highest BCUT2D eigenvalue weighted by atomic mass is 16.5. The minimum Gasteiger partial charge on any atom is -0.494 e. The summed E-state index contributed by atoms with van der Waals surface area (Å²) in [5.41, 5.74) is 0.468. The molecule has 7 nitrogen and oxygen atoms in total. The summed E-state index contributed by atoms with van der Waals surface area (Å²) in [5, 5.41) is 15.1. The summed E-state index contributed by atoms with van der Waals surface area (Å²) < 4.78 is 5.25. The largest absolute Gasteiger partial charge is 0.494 e. The van der Waals surface area contributed by atoms with Crippen LogP contribution in [0.15, 0.2) is 12.1 Å². The number of carbonyl (C=O) groups excluding carboxylic acids is 2. The van der Waals surface area contributed by atoms with Crippen LogP contribution in [0.5, 0.6) is 5.75 Å². The molecule has 1 rings (SSSR count). The second-order valence-corrected chi connectivity index (χ2v) is 7.83. The first kappa shape index (κ1) is 26.5. The van der Waals surface area contributed by atoms with Gasteiger partial charge in [0.05, 0.1) is 12.8 Å². The van der Waals surface area contributed by atoms with Crippen LogP contribution in [0.25, 0.3) is 0 Å². The van der Waals surface area contributed by atoms with Gasteiger partial charge in [0.2, 0.25) is 11.8 Å². The fourth-order valence-corrected chi connectivity index (χ4v) is 3.39. The highest BCUT2D eigenvalue weighted by Crippen LogP contribution is 2.33. The Hall–Kier alpha value is -2.57. The third-order valence-electron chi connectivity index (χ3n) is 5.10. The van der Waals surface area contributed by atoms with Crippen LogP contribution in [0.1, 0.15) is 101 Å². The average molecular weight is 435 g/mol. The van der Waals surface area contributed by atoms with E-state index in [1.165, 1.54) is 13.2 Å². The Balaban J connectivity index is 2.82. The monoisotopic (exact) mass is 434 g/mol. The van der Waals surface area contributed by atoms with Crippen molar-refractivity contribution in [3.63, 3.8) is 0 Å². The summed E-state index contributed by atoms with van der Waals surface area (Å²) in [4.78, 5) is 36.3. The third kappa shape index (κ3) is 10.3. The van der Waals surface area contributed by atoms with Gasteiger partial charge in [-0.05, 0) is 25.0 Å². The minimum atomic E-state index is -1.19. The van der Waals surface area contributed by atoms with Crippen molar-refractivity contribution in [1.82, 2.24) is 0 Å². The molecule has 0 aliphatic rings. The van der Waals surface area contributed by atoms with Gasteiger partial charge >= 0.3 is 5.97 Å². The lowest BCUT2D eigenvalue weighted by Crippen LogP contribution is -2.16. The quantitative estimate of drug-likeness (QED) is 0.277. The van der Waals surface area contributed by atoms with E-state index in [0.717, 1.165) is 64.2 Å². The Morgan fingerprint density at radius 1 is 0.806 bits per heavy atom. The van der Waals surface area contributed by atoms with E-state index in [1.807, 2.05) is 0 Å². The minimum absolute atomic E-state index is 0.0735. The Morgan fingerprint density at radius 2 is 1.32 bits per heavy atom. The van der Waals surface area contributed by atoms with Crippen LogP contribution in [-0.4, -0.2) is 30.0 Å². The van der Waals surface area contributed by atoms with Crippen molar-refractivity contribution in [3.8, 4) is 5.75 Å². The number of unbranched alkanes of at least 4 members (excludes halogenated alkanes) is 8. The Labute approximate surface area is 185 Å². The second-order valence-electron chi connectivity index (χ2n) is 7.83. The summed E-state index contributed by atoms with van der Waals surface area (Å²) in [6.07, 6.45) is 11.0. The Bertz CT molecular complexity index is 718. The molecule has 0 radical (unpaired) electrons. The van der Waals surface area contributed by atoms with Crippen molar-refractivity contribution < 1.29 is 24.2 Å². The first-order valence-electron chi connectivity index (χ1n) is 11.5.